The molecule has 0 N–H and O–H groups in total. The Balaban J connectivity index is 0.938. The number of anilines is 6. The lowest BCUT2D eigenvalue weighted by Crippen LogP contribution is -2.61. The highest BCUT2D eigenvalue weighted by Crippen LogP contribution is 2.61. The highest BCUT2D eigenvalue weighted by atomic mass is 15.2. The molecule has 3 nitrogen and oxygen atoms in total. The summed E-state index contributed by atoms with van der Waals surface area (Å²) in [6.07, 6.45) is 8.59. The molecular weight excluding hydrogens is 749 g/mol. The van der Waals surface area contributed by atoms with Crippen LogP contribution in [0.15, 0.2) is 188 Å². The number of benzene rings is 8. The quantitative estimate of drug-likeness (QED) is 0.161. The van der Waals surface area contributed by atoms with Crippen LogP contribution in [-0.2, 0) is 5.41 Å². The van der Waals surface area contributed by atoms with Gasteiger partial charge in [0, 0.05) is 50.6 Å². The first-order valence-electron chi connectivity index (χ1n) is 22.9. The molecule has 3 heterocycles. The van der Waals surface area contributed by atoms with Crippen LogP contribution in [0.25, 0.3) is 38.6 Å². The van der Waals surface area contributed by atoms with Gasteiger partial charge in [0.25, 0.3) is 6.71 Å². The molecule has 4 saturated carbocycles. The van der Waals surface area contributed by atoms with Gasteiger partial charge in [-0.3, -0.25) is 0 Å². The van der Waals surface area contributed by atoms with Crippen molar-refractivity contribution in [3.63, 3.8) is 0 Å². The summed E-state index contributed by atoms with van der Waals surface area (Å²) in [6.45, 7) is 0.0996. The first-order chi connectivity index (χ1) is 30.7. The maximum atomic E-state index is 2.61. The lowest BCUT2D eigenvalue weighted by atomic mass is 9.33. The standard InChI is InChI=1S/C58H46BN3/c1-3-13-44(14-4-1)61-53-21-11-8-18-49(53)59-50-19-9-12-22-54(50)62(45-15-5-2-6-16-45)56-33-42(32-55(61)57(56)59)41-23-26-46(27-24-41)60-51-20-10-7-17-47(51)48-34-43(25-28-52(48)60)58-35-38-29-39(36-58)31-40(30-38)37-58/h1-28,32-34,38-40H,29-31,35-37H2. The van der Waals surface area contributed by atoms with Crippen molar-refractivity contribution in [3.05, 3.63) is 194 Å². The lowest BCUT2D eigenvalue weighted by Gasteiger charge is -2.57. The summed E-state index contributed by atoms with van der Waals surface area (Å²) in [4.78, 5) is 4.99. The van der Waals surface area contributed by atoms with Crippen LogP contribution in [0.3, 0.4) is 0 Å². The summed E-state index contributed by atoms with van der Waals surface area (Å²) >= 11 is 0. The van der Waals surface area contributed by atoms with Gasteiger partial charge >= 0.3 is 0 Å². The molecule has 4 aliphatic carbocycles. The van der Waals surface area contributed by atoms with Crippen LogP contribution < -0.4 is 26.2 Å². The van der Waals surface area contributed by atoms with E-state index in [2.05, 4.69) is 202 Å². The van der Waals surface area contributed by atoms with Crippen molar-refractivity contribution in [2.75, 3.05) is 9.80 Å². The molecule has 0 unspecified atom stereocenters. The average molecular weight is 796 g/mol. The van der Waals surface area contributed by atoms with Gasteiger partial charge in [0.05, 0.1) is 11.0 Å². The van der Waals surface area contributed by atoms with Crippen LogP contribution in [0.4, 0.5) is 34.1 Å². The molecule has 0 saturated heterocycles. The van der Waals surface area contributed by atoms with Gasteiger partial charge in [0.1, 0.15) is 0 Å². The number of aromatic nitrogens is 1. The van der Waals surface area contributed by atoms with Gasteiger partial charge in [0.15, 0.2) is 0 Å². The summed E-state index contributed by atoms with van der Waals surface area (Å²) in [5, 5.41) is 2.74. The average Bonchev–Trinajstić information content (AvgIpc) is 3.65. The third-order valence-corrected chi connectivity index (χ3v) is 15.7. The van der Waals surface area contributed by atoms with E-state index in [1.807, 2.05) is 0 Å². The monoisotopic (exact) mass is 795 g/mol. The van der Waals surface area contributed by atoms with Gasteiger partial charge in [0.2, 0.25) is 0 Å². The van der Waals surface area contributed by atoms with Crippen LogP contribution in [0, 0.1) is 17.8 Å². The Labute approximate surface area is 364 Å². The summed E-state index contributed by atoms with van der Waals surface area (Å²) < 4.78 is 2.50. The van der Waals surface area contributed by atoms with Crippen molar-refractivity contribution < 1.29 is 0 Å². The molecule has 4 bridgehead atoms. The molecule has 0 amide bonds. The maximum Gasteiger partial charge on any atom is 0.252 e. The zero-order valence-electron chi connectivity index (χ0n) is 34.8. The number of para-hydroxylation sites is 5. The van der Waals surface area contributed by atoms with Crippen LogP contribution in [0.1, 0.15) is 44.1 Å². The Hall–Kier alpha value is -6.78. The predicted molar refractivity (Wildman–Crippen MR) is 260 cm³/mol. The second-order valence-corrected chi connectivity index (χ2v) is 19.1. The smallest absolute Gasteiger partial charge is 0.252 e. The molecule has 15 rings (SSSR count). The van der Waals surface area contributed by atoms with E-state index in [4.69, 9.17) is 0 Å². The van der Waals surface area contributed by atoms with Crippen molar-refractivity contribution in [1.29, 1.82) is 0 Å². The minimum atomic E-state index is 0.0996. The van der Waals surface area contributed by atoms with Gasteiger partial charge in [-0.05, 0) is 174 Å². The highest BCUT2D eigenvalue weighted by Gasteiger charge is 2.51. The molecule has 0 atom stereocenters. The van der Waals surface area contributed by atoms with Gasteiger partial charge in [-0.1, -0.05) is 109 Å². The van der Waals surface area contributed by atoms with Crippen LogP contribution in [-0.4, -0.2) is 11.3 Å². The van der Waals surface area contributed by atoms with Gasteiger partial charge < -0.3 is 14.4 Å². The van der Waals surface area contributed by atoms with Crippen molar-refractivity contribution in [1.82, 2.24) is 4.57 Å². The molecule has 0 radical (unpaired) electrons. The van der Waals surface area contributed by atoms with Crippen LogP contribution in [0.2, 0.25) is 0 Å². The number of rotatable bonds is 5. The van der Waals surface area contributed by atoms with E-state index in [1.54, 1.807) is 5.56 Å². The maximum absolute atomic E-state index is 2.61. The Morgan fingerprint density at radius 1 is 0.403 bits per heavy atom. The van der Waals surface area contributed by atoms with Crippen molar-refractivity contribution in [3.8, 4) is 16.8 Å². The van der Waals surface area contributed by atoms with E-state index in [0.29, 0.717) is 5.41 Å². The fourth-order valence-electron chi connectivity index (χ4n) is 13.6. The van der Waals surface area contributed by atoms with E-state index >= 15 is 0 Å². The molecule has 8 aromatic carbocycles. The molecule has 62 heavy (non-hydrogen) atoms. The first-order valence-corrected chi connectivity index (χ1v) is 22.9. The number of nitrogens with zero attached hydrogens (tertiary/aromatic N) is 3. The van der Waals surface area contributed by atoms with Crippen molar-refractivity contribution in [2.24, 2.45) is 17.8 Å². The van der Waals surface area contributed by atoms with E-state index in [-0.39, 0.29) is 6.71 Å². The second kappa shape index (κ2) is 13.1. The van der Waals surface area contributed by atoms with Gasteiger partial charge in [-0.25, -0.2) is 0 Å². The third kappa shape index (κ3) is 5.01. The Morgan fingerprint density at radius 3 is 1.52 bits per heavy atom. The SMILES string of the molecule is c1ccc(N2c3ccccc3B3c4ccccc4N(c4ccccc4)c4cc(-c5ccc(-n6c7ccccc7c7cc(C89CC%10CC(CC(C%10)C8)C9)ccc76)cc5)cc2c43)cc1. The molecule has 1 aromatic heterocycles. The minimum Gasteiger partial charge on any atom is -0.311 e. The fourth-order valence-corrected chi connectivity index (χ4v) is 13.6. The molecule has 9 aromatic rings. The molecule has 6 aliphatic rings. The normalized spacial score (nSPS) is 21.6. The molecule has 2 aliphatic heterocycles. The van der Waals surface area contributed by atoms with E-state index < -0.39 is 0 Å². The van der Waals surface area contributed by atoms with Gasteiger partial charge in [-0.2, -0.15) is 0 Å². The molecule has 296 valence electrons. The minimum absolute atomic E-state index is 0.0996. The van der Waals surface area contributed by atoms with E-state index in [0.717, 1.165) is 29.1 Å². The Bertz CT molecular complexity index is 3090. The number of hydrogen-bond acceptors (Lipinski definition) is 2. The topological polar surface area (TPSA) is 11.4 Å². The van der Waals surface area contributed by atoms with Crippen molar-refractivity contribution in [2.45, 2.75) is 43.9 Å². The Morgan fingerprint density at radius 2 is 0.919 bits per heavy atom. The second-order valence-electron chi connectivity index (χ2n) is 19.1. The lowest BCUT2D eigenvalue weighted by molar-refractivity contribution is -0.00512. The summed E-state index contributed by atoms with van der Waals surface area (Å²) in [7, 11) is 0. The largest absolute Gasteiger partial charge is 0.311 e. The number of fused-ring (bicyclic) bond motifs is 7. The van der Waals surface area contributed by atoms with Crippen LogP contribution >= 0.6 is 0 Å². The summed E-state index contributed by atoms with van der Waals surface area (Å²) in [5.74, 6) is 2.80. The predicted octanol–water partition coefficient (Wildman–Crippen LogP) is 13.0. The first kappa shape index (κ1) is 34.9. The molecule has 4 heteroatoms. The molecule has 0 spiro atoms. The third-order valence-electron chi connectivity index (χ3n) is 15.7. The summed E-state index contributed by atoms with van der Waals surface area (Å²) in [5.41, 5.74) is 19.4. The highest BCUT2D eigenvalue weighted by molar-refractivity contribution is 7.00. The van der Waals surface area contributed by atoms with E-state index in [9.17, 15) is 0 Å². The van der Waals surface area contributed by atoms with Crippen LogP contribution in [0.5, 0.6) is 0 Å². The summed E-state index contributed by atoms with van der Waals surface area (Å²) in [6, 6.07) is 70.8. The zero-order valence-corrected chi connectivity index (χ0v) is 34.8. The Kier molecular flexibility index (Phi) is 7.38. The van der Waals surface area contributed by atoms with Crippen molar-refractivity contribution >= 4 is 79.0 Å². The molecular formula is C58H46BN3. The van der Waals surface area contributed by atoms with Gasteiger partial charge in [-0.15, -0.1) is 0 Å². The fraction of sp³-hybridized carbons (Fsp3) is 0.172. The van der Waals surface area contributed by atoms with E-state index in [1.165, 1.54) is 116 Å². The molecule has 4 fully saturated rings. The zero-order chi connectivity index (χ0) is 40.5. The number of hydrogen-bond donors (Lipinski definition) is 0.